The highest BCUT2D eigenvalue weighted by atomic mass is 14.9. The summed E-state index contributed by atoms with van der Waals surface area (Å²) in [5, 5.41) is 7.17. The molecule has 194 valence electrons. The van der Waals surface area contributed by atoms with E-state index in [1.807, 2.05) is 12.1 Å². The van der Waals surface area contributed by atoms with Crippen molar-refractivity contribution in [2.24, 2.45) is 0 Å². The highest BCUT2D eigenvalue weighted by Crippen LogP contribution is 2.41. The lowest BCUT2D eigenvalue weighted by Gasteiger charge is -2.19. The maximum atomic E-state index is 3.58. The van der Waals surface area contributed by atoms with Gasteiger partial charge in [-0.3, -0.25) is 0 Å². The number of hydrogen-bond acceptors (Lipinski definition) is 2. The van der Waals surface area contributed by atoms with Crippen molar-refractivity contribution in [3.8, 4) is 33.4 Å². The summed E-state index contributed by atoms with van der Waals surface area (Å²) in [6.07, 6.45) is 0. The van der Waals surface area contributed by atoms with Gasteiger partial charge >= 0.3 is 0 Å². The van der Waals surface area contributed by atoms with Gasteiger partial charge in [0.15, 0.2) is 0 Å². The van der Waals surface area contributed by atoms with Crippen LogP contribution in [-0.4, -0.2) is 0 Å². The van der Waals surface area contributed by atoms with E-state index in [2.05, 4.69) is 158 Å². The van der Waals surface area contributed by atoms with Crippen molar-refractivity contribution < 1.29 is 0 Å². The highest BCUT2D eigenvalue weighted by Gasteiger charge is 2.15. The molecule has 0 aliphatic carbocycles. The maximum absolute atomic E-state index is 3.58. The quantitative estimate of drug-likeness (QED) is 0.220. The predicted octanol–water partition coefficient (Wildman–Crippen LogP) is 10.8. The van der Waals surface area contributed by atoms with Gasteiger partial charge in [0.2, 0.25) is 0 Å². The van der Waals surface area contributed by atoms with E-state index < -0.39 is 0 Å². The number of nitrogens with one attached hydrogen (secondary N) is 2. The average Bonchev–Trinajstić information content (AvgIpc) is 2.99. The molecule has 0 aliphatic rings. The van der Waals surface area contributed by atoms with E-state index in [1.54, 1.807) is 0 Å². The molecule has 0 saturated heterocycles. The zero-order chi connectivity index (χ0) is 27.3. The third kappa shape index (κ3) is 5.67. The average molecular weight is 517 g/mol. The van der Waals surface area contributed by atoms with Crippen molar-refractivity contribution in [1.29, 1.82) is 0 Å². The number of rotatable bonds is 7. The first-order valence-corrected chi connectivity index (χ1v) is 13.7. The van der Waals surface area contributed by atoms with Crippen LogP contribution in [0.15, 0.2) is 146 Å². The largest absolute Gasteiger partial charge is 0.356 e. The van der Waals surface area contributed by atoms with Gasteiger partial charge in [-0.2, -0.15) is 0 Å². The fraction of sp³-hybridized carbons (Fsp3) is 0.0526. The summed E-state index contributed by atoms with van der Waals surface area (Å²) in [6, 6.07) is 51.6. The van der Waals surface area contributed by atoms with Crippen molar-refractivity contribution in [3.05, 3.63) is 157 Å². The fourth-order valence-corrected chi connectivity index (χ4v) is 5.03. The Morgan fingerprint density at radius 3 is 1.07 bits per heavy atom. The van der Waals surface area contributed by atoms with Crippen molar-refractivity contribution in [3.63, 3.8) is 0 Å². The summed E-state index contributed by atoms with van der Waals surface area (Å²) in [4.78, 5) is 0. The van der Waals surface area contributed by atoms with E-state index in [0.717, 1.165) is 22.7 Å². The van der Waals surface area contributed by atoms with Gasteiger partial charge < -0.3 is 10.6 Å². The Kier molecular flexibility index (Phi) is 7.15. The summed E-state index contributed by atoms with van der Waals surface area (Å²) in [7, 11) is 0. The zero-order valence-electron chi connectivity index (χ0n) is 22.9. The van der Waals surface area contributed by atoms with Gasteiger partial charge in [-0.15, -0.1) is 0 Å². The molecule has 0 fully saturated rings. The fourth-order valence-electron chi connectivity index (χ4n) is 5.03. The van der Waals surface area contributed by atoms with E-state index >= 15 is 0 Å². The van der Waals surface area contributed by atoms with Crippen molar-refractivity contribution in [2.45, 2.75) is 13.8 Å². The monoisotopic (exact) mass is 516 g/mol. The molecule has 0 aliphatic heterocycles. The number of aryl methyl sites for hydroxylation is 2. The van der Waals surface area contributed by atoms with Crippen LogP contribution in [0.3, 0.4) is 0 Å². The lowest BCUT2D eigenvalue weighted by molar-refractivity contribution is 1.45. The lowest BCUT2D eigenvalue weighted by Crippen LogP contribution is -1.96. The minimum absolute atomic E-state index is 1.06. The number of anilines is 4. The van der Waals surface area contributed by atoms with Gasteiger partial charge in [0.05, 0.1) is 0 Å². The second-order valence-corrected chi connectivity index (χ2v) is 10.2. The molecule has 0 unspecified atom stereocenters. The molecule has 0 atom stereocenters. The molecule has 0 bridgehead atoms. The molecule has 2 nitrogen and oxygen atoms in total. The standard InChI is InChI=1S/C38H32N2/c1-27-13-17-29(18-14-27)37-25-33(39-31-9-5-3-6-10-31)21-23-35(37)36-24-22-34(40-32-11-7-4-8-12-32)26-38(36)30-19-15-28(2)16-20-30/h3-26,39-40H,1-2H3. The van der Waals surface area contributed by atoms with Crippen LogP contribution in [0.2, 0.25) is 0 Å². The normalized spacial score (nSPS) is 10.8. The molecule has 0 radical (unpaired) electrons. The molecule has 2 heteroatoms. The molecule has 0 heterocycles. The topological polar surface area (TPSA) is 24.1 Å². The second-order valence-electron chi connectivity index (χ2n) is 10.2. The molecule has 0 saturated carbocycles. The van der Waals surface area contributed by atoms with Crippen LogP contribution < -0.4 is 10.6 Å². The second kappa shape index (κ2) is 11.3. The zero-order valence-corrected chi connectivity index (χ0v) is 22.9. The summed E-state index contributed by atoms with van der Waals surface area (Å²) >= 11 is 0. The van der Waals surface area contributed by atoms with E-state index in [0.29, 0.717) is 0 Å². The first-order chi connectivity index (χ1) is 19.6. The van der Waals surface area contributed by atoms with Crippen LogP contribution in [-0.2, 0) is 0 Å². The minimum atomic E-state index is 1.06. The van der Waals surface area contributed by atoms with Gasteiger partial charge in [0, 0.05) is 22.7 Å². The Hall–Kier alpha value is -5.08. The van der Waals surface area contributed by atoms with Gasteiger partial charge in [0.25, 0.3) is 0 Å². The third-order valence-corrected chi connectivity index (χ3v) is 7.18. The van der Waals surface area contributed by atoms with Crippen LogP contribution in [0.5, 0.6) is 0 Å². The van der Waals surface area contributed by atoms with Crippen LogP contribution in [0.1, 0.15) is 11.1 Å². The number of para-hydroxylation sites is 2. The molecule has 6 aromatic rings. The van der Waals surface area contributed by atoms with Crippen LogP contribution in [0.25, 0.3) is 33.4 Å². The smallest absolute Gasteiger partial charge is 0.0390 e. The molecular formula is C38H32N2. The van der Waals surface area contributed by atoms with Crippen LogP contribution >= 0.6 is 0 Å². The van der Waals surface area contributed by atoms with E-state index in [4.69, 9.17) is 0 Å². The summed E-state index contributed by atoms with van der Waals surface area (Å²) in [6.45, 7) is 4.26. The Labute approximate surface area is 237 Å². The molecule has 40 heavy (non-hydrogen) atoms. The summed E-state index contributed by atoms with van der Waals surface area (Å²) < 4.78 is 0. The van der Waals surface area contributed by atoms with Gasteiger partial charge in [-0.05, 0) is 95.8 Å². The maximum Gasteiger partial charge on any atom is 0.0390 e. The molecule has 6 aromatic carbocycles. The third-order valence-electron chi connectivity index (χ3n) is 7.18. The Morgan fingerprint density at radius 2 is 0.700 bits per heavy atom. The SMILES string of the molecule is Cc1ccc(-c2cc(Nc3ccccc3)ccc2-c2ccc(Nc3ccccc3)cc2-c2ccc(C)cc2)cc1. The predicted molar refractivity (Wildman–Crippen MR) is 172 cm³/mol. The Balaban J connectivity index is 1.50. The first-order valence-electron chi connectivity index (χ1n) is 13.7. The van der Waals surface area contributed by atoms with Crippen molar-refractivity contribution in [2.75, 3.05) is 10.6 Å². The van der Waals surface area contributed by atoms with Crippen molar-refractivity contribution >= 4 is 22.7 Å². The molecule has 0 aromatic heterocycles. The van der Waals surface area contributed by atoms with Gasteiger partial charge in [0.1, 0.15) is 0 Å². The Bertz CT molecular complexity index is 1590. The molecule has 0 spiro atoms. The summed E-state index contributed by atoms with van der Waals surface area (Å²) in [5.41, 5.74) is 13.9. The van der Waals surface area contributed by atoms with E-state index in [1.165, 1.54) is 44.5 Å². The van der Waals surface area contributed by atoms with E-state index in [9.17, 15) is 0 Å². The lowest BCUT2D eigenvalue weighted by atomic mass is 9.88. The molecule has 6 rings (SSSR count). The van der Waals surface area contributed by atoms with E-state index in [-0.39, 0.29) is 0 Å². The summed E-state index contributed by atoms with van der Waals surface area (Å²) in [5.74, 6) is 0. The van der Waals surface area contributed by atoms with Gasteiger partial charge in [-0.25, -0.2) is 0 Å². The highest BCUT2D eigenvalue weighted by molar-refractivity contribution is 5.94. The molecule has 0 amide bonds. The molecular weight excluding hydrogens is 484 g/mol. The number of hydrogen-bond donors (Lipinski definition) is 2. The van der Waals surface area contributed by atoms with Crippen molar-refractivity contribution in [1.82, 2.24) is 0 Å². The van der Waals surface area contributed by atoms with Gasteiger partial charge in [-0.1, -0.05) is 108 Å². The van der Waals surface area contributed by atoms with Crippen LogP contribution in [0.4, 0.5) is 22.7 Å². The first kappa shape index (κ1) is 25.2. The molecule has 2 N–H and O–H groups in total. The Morgan fingerprint density at radius 1 is 0.325 bits per heavy atom. The number of benzene rings is 6. The van der Waals surface area contributed by atoms with Crippen LogP contribution in [0, 0.1) is 13.8 Å². The minimum Gasteiger partial charge on any atom is -0.356 e.